The molecule has 1 unspecified atom stereocenters. The van der Waals surface area contributed by atoms with Crippen LogP contribution in [-0.4, -0.2) is 36.2 Å². The minimum absolute atomic E-state index is 0.0179. The number of rotatable bonds is 3. The van der Waals surface area contributed by atoms with Gasteiger partial charge in [-0.05, 0) is 18.2 Å². The predicted molar refractivity (Wildman–Crippen MR) is 65.8 cm³/mol. The summed E-state index contributed by atoms with van der Waals surface area (Å²) in [5.41, 5.74) is -0.877. The second-order valence-corrected chi connectivity index (χ2v) is 4.58. The lowest BCUT2D eigenvalue weighted by Gasteiger charge is -2.35. The van der Waals surface area contributed by atoms with Crippen molar-refractivity contribution >= 4 is 17.6 Å². The summed E-state index contributed by atoms with van der Waals surface area (Å²) >= 11 is 0. The van der Waals surface area contributed by atoms with E-state index in [1.54, 1.807) is 0 Å². The number of morpholine rings is 1. The molecule has 0 aliphatic carbocycles. The van der Waals surface area contributed by atoms with E-state index in [1.165, 1.54) is 12.1 Å². The molecule has 0 spiro atoms. The van der Waals surface area contributed by atoms with Crippen LogP contribution in [0.25, 0.3) is 0 Å². The molecule has 1 aromatic carbocycles. The zero-order valence-electron chi connectivity index (χ0n) is 10.8. The van der Waals surface area contributed by atoms with Gasteiger partial charge in [0.1, 0.15) is 6.61 Å². The number of nitrogens with zero attached hydrogens (tertiary/aromatic N) is 1. The van der Waals surface area contributed by atoms with Crippen LogP contribution in [0.1, 0.15) is 12.0 Å². The molecule has 1 aliphatic heterocycles. The van der Waals surface area contributed by atoms with Crippen LogP contribution in [0.2, 0.25) is 0 Å². The SMILES string of the molecule is O=C(O)CC1COCC(=O)N1c1cccc(C(F)(F)F)c1. The number of carbonyl (C=O) groups is 2. The Kier molecular flexibility index (Phi) is 4.17. The molecule has 0 aromatic heterocycles. The maximum Gasteiger partial charge on any atom is 0.416 e. The number of carboxylic acid groups (broad SMARTS) is 1. The van der Waals surface area contributed by atoms with Crippen LogP contribution in [0.4, 0.5) is 18.9 Å². The van der Waals surface area contributed by atoms with Gasteiger partial charge in [0.25, 0.3) is 5.91 Å². The van der Waals surface area contributed by atoms with Gasteiger partial charge in [0.2, 0.25) is 0 Å². The van der Waals surface area contributed by atoms with Crippen LogP contribution in [0, 0.1) is 0 Å². The van der Waals surface area contributed by atoms with Crippen LogP contribution in [0.3, 0.4) is 0 Å². The first-order chi connectivity index (χ1) is 9.79. The molecule has 1 aromatic rings. The van der Waals surface area contributed by atoms with Crippen molar-refractivity contribution in [3.05, 3.63) is 29.8 Å². The number of anilines is 1. The predicted octanol–water partition coefficient (Wildman–Crippen LogP) is 1.91. The van der Waals surface area contributed by atoms with Crippen molar-refractivity contribution in [1.29, 1.82) is 0 Å². The molecule has 0 radical (unpaired) electrons. The van der Waals surface area contributed by atoms with E-state index < -0.39 is 36.1 Å². The van der Waals surface area contributed by atoms with Crippen molar-refractivity contribution < 1.29 is 32.6 Å². The van der Waals surface area contributed by atoms with Gasteiger partial charge >= 0.3 is 12.1 Å². The molecule has 5 nitrogen and oxygen atoms in total. The summed E-state index contributed by atoms with van der Waals surface area (Å²) in [6.07, 6.45) is -4.93. The monoisotopic (exact) mass is 303 g/mol. The Morgan fingerprint density at radius 3 is 2.76 bits per heavy atom. The highest BCUT2D eigenvalue weighted by atomic mass is 19.4. The van der Waals surface area contributed by atoms with Gasteiger partial charge in [-0.3, -0.25) is 9.59 Å². The lowest BCUT2D eigenvalue weighted by atomic mass is 10.1. The Hall–Kier alpha value is -2.09. The van der Waals surface area contributed by atoms with Gasteiger partial charge in [-0.2, -0.15) is 13.2 Å². The van der Waals surface area contributed by atoms with E-state index in [2.05, 4.69) is 0 Å². The zero-order chi connectivity index (χ0) is 15.6. The van der Waals surface area contributed by atoms with Gasteiger partial charge in [-0.25, -0.2) is 0 Å². The number of alkyl halides is 3. The number of hydrogen-bond donors (Lipinski definition) is 1. The van der Waals surface area contributed by atoms with Crippen molar-refractivity contribution in [3.8, 4) is 0 Å². The zero-order valence-corrected chi connectivity index (χ0v) is 10.8. The maximum absolute atomic E-state index is 12.7. The molecule has 21 heavy (non-hydrogen) atoms. The summed E-state index contributed by atoms with van der Waals surface area (Å²) in [7, 11) is 0. The number of aliphatic carboxylic acids is 1. The molecule has 2 rings (SSSR count). The quantitative estimate of drug-likeness (QED) is 0.926. The fourth-order valence-corrected chi connectivity index (χ4v) is 2.17. The summed E-state index contributed by atoms with van der Waals surface area (Å²) in [6.45, 7) is -0.319. The molecule has 1 heterocycles. The van der Waals surface area contributed by atoms with E-state index in [9.17, 15) is 22.8 Å². The molecular formula is C13H12F3NO4. The maximum atomic E-state index is 12.7. The molecule has 0 saturated carbocycles. The number of benzene rings is 1. The molecular weight excluding hydrogens is 291 g/mol. The van der Waals surface area contributed by atoms with Crippen LogP contribution in [-0.2, 0) is 20.5 Å². The Morgan fingerprint density at radius 1 is 1.43 bits per heavy atom. The molecule has 1 amide bonds. The molecule has 8 heteroatoms. The van der Waals surface area contributed by atoms with E-state index in [1.807, 2.05) is 0 Å². The number of carbonyl (C=O) groups excluding carboxylic acids is 1. The first-order valence-corrected chi connectivity index (χ1v) is 6.08. The minimum atomic E-state index is -4.53. The second kappa shape index (κ2) is 5.72. The Morgan fingerprint density at radius 2 is 2.14 bits per heavy atom. The Labute approximate surface area is 117 Å². The third-order valence-corrected chi connectivity index (χ3v) is 3.03. The summed E-state index contributed by atoms with van der Waals surface area (Å²) < 4.78 is 43.1. The molecule has 1 N–H and O–H groups in total. The topological polar surface area (TPSA) is 66.8 Å². The van der Waals surface area contributed by atoms with E-state index in [0.717, 1.165) is 17.0 Å². The average molecular weight is 303 g/mol. The minimum Gasteiger partial charge on any atom is -0.481 e. The third-order valence-electron chi connectivity index (χ3n) is 3.03. The first kappa shape index (κ1) is 15.3. The van der Waals surface area contributed by atoms with Gasteiger partial charge in [-0.1, -0.05) is 6.07 Å². The molecule has 1 fully saturated rings. The summed E-state index contributed by atoms with van der Waals surface area (Å²) in [5, 5.41) is 8.83. The fourth-order valence-electron chi connectivity index (χ4n) is 2.17. The molecule has 1 aliphatic rings. The highest BCUT2D eigenvalue weighted by Gasteiger charge is 2.34. The highest BCUT2D eigenvalue weighted by Crippen LogP contribution is 2.32. The van der Waals surface area contributed by atoms with Crippen LogP contribution >= 0.6 is 0 Å². The Bertz CT molecular complexity index is 559. The normalized spacial score (nSPS) is 19.7. The van der Waals surface area contributed by atoms with E-state index in [0.29, 0.717) is 0 Å². The van der Waals surface area contributed by atoms with Gasteiger partial charge in [0, 0.05) is 5.69 Å². The summed E-state index contributed by atoms with van der Waals surface area (Å²) in [5.74, 6) is -1.72. The summed E-state index contributed by atoms with van der Waals surface area (Å²) in [4.78, 5) is 23.7. The lowest BCUT2D eigenvalue weighted by molar-refractivity contribution is -0.140. The number of amides is 1. The third kappa shape index (κ3) is 3.52. The number of hydrogen-bond acceptors (Lipinski definition) is 3. The van der Waals surface area contributed by atoms with Gasteiger partial charge in [0.15, 0.2) is 0 Å². The van der Waals surface area contributed by atoms with Gasteiger partial charge in [-0.15, -0.1) is 0 Å². The molecule has 1 atom stereocenters. The van der Waals surface area contributed by atoms with Crippen molar-refractivity contribution in [1.82, 2.24) is 0 Å². The van der Waals surface area contributed by atoms with Gasteiger partial charge in [0.05, 0.1) is 24.6 Å². The first-order valence-electron chi connectivity index (χ1n) is 6.08. The Balaban J connectivity index is 2.36. The molecule has 1 saturated heterocycles. The standard InChI is InChI=1S/C13H12F3NO4/c14-13(15,16)8-2-1-3-9(4-8)17-10(5-12(19)20)6-21-7-11(17)18/h1-4,10H,5-7H2,(H,19,20). The van der Waals surface area contributed by atoms with Crippen LogP contribution in [0.5, 0.6) is 0 Å². The largest absolute Gasteiger partial charge is 0.481 e. The van der Waals surface area contributed by atoms with Crippen LogP contribution in [0.15, 0.2) is 24.3 Å². The fraction of sp³-hybridized carbons (Fsp3) is 0.385. The van der Waals surface area contributed by atoms with E-state index >= 15 is 0 Å². The smallest absolute Gasteiger partial charge is 0.416 e. The molecule has 114 valence electrons. The summed E-state index contributed by atoms with van der Waals surface area (Å²) in [6, 6.07) is 3.41. The molecule has 0 bridgehead atoms. The van der Waals surface area contributed by atoms with Crippen LogP contribution < -0.4 is 4.90 Å². The highest BCUT2D eigenvalue weighted by molar-refractivity contribution is 5.96. The second-order valence-electron chi connectivity index (χ2n) is 4.58. The van der Waals surface area contributed by atoms with E-state index in [-0.39, 0.29) is 18.9 Å². The van der Waals surface area contributed by atoms with Crippen molar-refractivity contribution in [3.63, 3.8) is 0 Å². The van der Waals surface area contributed by atoms with Crippen molar-refractivity contribution in [2.24, 2.45) is 0 Å². The lowest BCUT2D eigenvalue weighted by Crippen LogP contribution is -2.50. The van der Waals surface area contributed by atoms with Crippen molar-refractivity contribution in [2.75, 3.05) is 18.1 Å². The van der Waals surface area contributed by atoms with Crippen molar-refractivity contribution in [2.45, 2.75) is 18.6 Å². The number of halogens is 3. The van der Waals surface area contributed by atoms with Gasteiger partial charge < -0.3 is 14.7 Å². The number of carboxylic acids is 1. The van der Waals surface area contributed by atoms with E-state index in [4.69, 9.17) is 9.84 Å². The number of ether oxygens (including phenoxy) is 1. The average Bonchev–Trinajstić information content (AvgIpc) is 2.37.